The molecule has 0 heterocycles. The van der Waals surface area contributed by atoms with Gasteiger partial charge in [0.1, 0.15) is 11.5 Å². The molecule has 0 aliphatic carbocycles. The molecule has 0 spiro atoms. The van der Waals surface area contributed by atoms with E-state index in [1.54, 1.807) is 0 Å². The summed E-state index contributed by atoms with van der Waals surface area (Å²) in [5.41, 5.74) is 2.14. The molecule has 1 atom stereocenters. The maximum Gasteiger partial charge on any atom is 0.133 e. The fraction of sp³-hybridized carbons (Fsp3) is 0.294. The molecule has 0 radical (unpaired) electrons. The zero-order valence-corrected chi connectivity index (χ0v) is 13.2. The minimum atomic E-state index is 0.401. The SMILES string of the molecule is CCC(C)c1ccccc1Oc1cc(Cl)ccc1CCl. The van der Waals surface area contributed by atoms with Crippen LogP contribution < -0.4 is 4.74 Å². The second-order valence-electron chi connectivity index (χ2n) is 4.83. The third-order valence-corrected chi connectivity index (χ3v) is 3.98. The summed E-state index contributed by atoms with van der Waals surface area (Å²) >= 11 is 12.0. The number of hydrogen-bond acceptors (Lipinski definition) is 1. The summed E-state index contributed by atoms with van der Waals surface area (Å²) < 4.78 is 6.07. The highest BCUT2D eigenvalue weighted by atomic mass is 35.5. The van der Waals surface area contributed by atoms with Crippen LogP contribution in [0.4, 0.5) is 0 Å². The molecule has 2 aromatic rings. The summed E-state index contributed by atoms with van der Waals surface area (Å²) in [7, 11) is 0. The molecule has 0 bridgehead atoms. The predicted molar refractivity (Wildman–Crippen MR) is 86.2 cm³/mol. The minimum absolute atomic E-state index is 0.401. The Kier molecular flexibility index (Phi) is 5.33. The molecular weight excluding hydrogens is 291 g/mol. The summed E-state index contributed by atoms with van der Waals surface area (Å²) in [6.07, 6.45) is 1.07. The van der Waals surface area contributed by atoms with Gasteiger partial charge < -0.3 is 4.74 Å². The van der Waals surface area contributed by atoms with Gasteiger partial charge in [0.05, 0.1) is 5.88 Å². The van der Waals surface area contributed by atoms with Crippen molar-refractivity contribution in [3.8, 4) is 11.5 Å². The molecule has 20 heavy (non-hydrogen) atoms. The second-order valence-corrected chi connectivity index (χ2v) is 5.54. The molecule has 0 aliphatic heterocycles. The normalized spacial score (nSPS) is 12.2. The lowest BCUT2D eigenvalue weighted by atomic mass is 9.98. The summed E-state index contributed by atoms with van der Waals surface area (Å²) in [4.78, 5) is 0. The van der Waals surface area contributed by atoms with Crippen LogP contribution in [0, 0.1) is 0 Å². The van der Waals surface area contributed by atoms with Crippen molar-refractivity contribution in [3.05, 3.63) is 58.6 Å². The zero-order chi connectivity index (χ0) is 14.5. The number of para-hydroxylation sites is 1. The van der Waals surface area contributed by atoms with Crippen LogP contribution >= 0.6 is 23.2 Å². The van der Waals surface area contributed by atoms with Crippen molar-refractivity contribution in [1.82, 2.24) is 0 Å². The number of ether oxygens (including phenoxy) is 1. The van der Waals surface area contributed by atoms with Gasteiger partial charge in [-0.2, -0.15) is 0 Å². The number of hydrogen-bond donors (Lipinski definition) is 0. The number of alkyl halides is 1. The first-order valence-corrected chi connectivity index (χ1v) is 7.68. The zero-order valence-electron chi connectivity index (χ0n) is 11.7. The van der Waals surface area contributed by atoms with Crippen LogP contribution in [0.25, 0.3) is 0 Å². The fourth-order valence-electron chi connectivity index (χ4n) is 2.05. The Morgan fingerprint density at radius 1 is 1.10 bits per heavy atom. The maximum atomic E-state index is 6.07. The lowest BCUT2D eigenvalue weighted by Gasteiger charge is -2.17. The van der Waals surface area contributed by atoms with Crippen LogP contribution in [0.15, 0.2) is 42.5 Å². The van der Waals surface area contributed by atoms with E-state index in [1.165, 1.54) is 5.56 Å². The van der Waals surface area contributed by atoms with Gasteiger partial charge in [-0.3, -0.25) is 0 Å². The van der Waals surface area contributed by atoms with Crippen LogP contribution in [0.3, 0.4) is 0 Å². The van der Waals surface area contributed by atoms with E-state index in [-0.39, 0.29) is 0 Å². The van der Waals surface area contributed by atoms with E-state index in [0.717, 1.165) is 23.5 Å². The molecule has 1 nitrogen and oxygen atoms in total. The van der Waals surface area contributed by atoms with Crippen LogP contribution in [-0.4, -0.2) is 0 Å². The van der Waals surface area contributed by atoms with E-state index < -0.39 is 0 Å². The molecule has 3 heteroatoms. The maximum absolute atomic E-state index is 6.07. The molecule has 0 saturated heterocycles. The average Bonchev–Trinajstić information content (AvgIpc) is 2.47. The smallest absolute Gasteiger partial charge is 0.133 e. The lowest BCUT2D eigenvalue weighted by molar-refractivity contribution is 0.466. The summed E-state index contributed by atoms with van der Waals surface area (Å²) in [5.74, 6) is 2.45. The van der Waals surface area contributed by atoms with Crippen molar-refractivity contribution in [2.45, 2.75) is 32.1 Å². The van der Waals surface area contributed by atoms with E-state index in [9.17, 15) is 0 Å². The first-order valence-electron chi connectivity index (χ1n) is 6.76. The molecule has 0 fully saturated rings. The van der Waals surface area contributed by atoms with Gasteiger partial charge in [-0.15, -0.1) is 11.6 Å². The molecule has 0 aliphatic rings. The van der Waals surface area contributed by atoms with E-state index in [4.69, 9.17) is 27.9 Å². The van der Waals surface area contributed by atoms with E-state index in [0.29, 0.717) is 16.8 Å². The Bertz CT molecular complexity index is 581. The van der Waals surface area contributed by atoms with Gasteiger partial charge in [0.15, 0.2) is 0 Å². The number of benzene rings is 2. The van der Waals surface area contributed by atoms with Gasteiger partial charge in [-0.1, -0.05) is 49.7 Å². The van der Waals surface area contributed by atoms with E-state index in [2.05, 4.69) is 19.9 Å². The summed E-state index contributed by atoms with van der Waals surface area (Å²) in [6.45, 7) is 4.37. The fourth-order valence-corrected chi connectivity index (χ4v) is 2.44. The van der Waals surface area contributed by atoms with Crippen LogP contribution in [-0.2, 0) is 5.88 Å². The van der Waals surface area contributed by atoms with Crippen molar-refractivity contribution >= 4 is 23.2 Å². The third kappa shape index (κ3) is 3.47. The van der Waals surface area contributed by atoms with E-state index >= 15 is 0 Å². The van der Waals surface area contributed by atoms with Gasteiger partial charge in [0.2, 0.25) is 0 Å². The molecule has 0 aromatic heterocycles. The van der Waals surface area contributed by atoms with Crippen molar-refractivity contribution < 1.29 is 4.74 Å². The van der Waals surface area contributed by atoms with Crippen molar-refractivity contribution in [1.29, 1.82) is 0 Å². The number of rotatable bonds is 5. The van der Waals surface area contributed by atoms with Gasteiger partial charge in [-0.05, 0) is 36.1 Å². The standard InChI is InChI=1S/C17H18Cl2O/c1-3-12(2)15-6-4-5-7-16(15)20-17-10-14(19)9-8-13(17)11-18/h4-10,12H,3,11H2,1-2H3. The van der Waals surface area contributed by atoms with Crippen molar-refractivity contribution in [3.63, 3.8) is 0 Å². The van der Waals surface area contributed by atoms with Gasteiger partial charge in [-0.25, -0.2) is 0 Å². The highest BCUT2D eigenvalue weighted by Gasteiger charge is 2.12. The summed E-state index contributed by atoms with van der Waals surface area (Å²) in [6, 6.07) is 13.6. The molecule has 0 N–H and O–H groups in total. The van der Waals surface area contributed by atoms with E-state index in [1.807, 2.05) is 36.4 Å². The monoisotopic (exact) mass is 308 g/mol. The van der Waals surface area contributed by atoms with Crippen LogP contribution in [0.2, 0.25) is 5.02 Å². The summed E-state index contributed by atoms with van der Waals surface area (Å²) in [5, 5.41) is 0.648. The molecular formula is C17H18Cl2O. The van der Waals surface area contributed by atoms with Crippen molar-refractivity contribution in [2.24, 2.45) is 0 Å². The highest BCUT2D eigenvalue weighted by Crippen LogP contribution is 2.34. The predicted octanol–water partition coefficient (Wildman–Crippen LogP) is 6.38. The third-order valence-electron chi connectivity index (χ3n) is 3.46. The van der Waals surface area contributed by atoms with Crippen molar-refractivity contribution in [2.75, 3.05) is 0 Å². The molecule has 0 saturated carbocycles. The quantitative estimate of drug-likeness (QED) is 0.582. The second kappa shape index (κ2) is 7.01. The molecule has 1 unspecified atom stereocenters. The van der Waals surface area contributed by atoms with Gasteiger partial charge in [0.25, 0.3) is 0 Å². The first-order chi connectivity index (χ1) is 9.65. The highest BCUT2D eigenvalue weighted by molar-refractivity contribution is 6.30. The van der Waals surface area contributed by atoms with Crippen LogP contribution in [0.5, 0.6) is 11.5 Å². The average molecular weight is 309 g/mol. The minimum Gasteiger partial charge on any atom is -0.457 e. The number of halogens is 2. The Labute approximate surface area is 130 Å². The first kappa shape index (κ1) is 15.2. The molecule has 0 amide bonds. The van der Waals surface area contributed by atoms with Gasteiger partial charge >= 0.3 is 0 Å². The Balaban J connectivity index is 2.37. The Morgan fingerprint density at radius 2 is 1.85 bits per heavy atom. The lowest BCUT2D eigenvalue weighted by Crippen LogP contribution is -1.97. The van der Waals surface area contributed by atoms with Crippen LogP contribution in [0.1, 0.15) is 37.3 Å². The largest absolute Gasteiger partial charge is 0.457 e. The van der Waals surface area contributed by atoms with Gasteiger partial charge in [0, 0.05) is 10.6 Å². The molecule has 106 valence electrons. The Morgan fingerprint density at radius 3 is 2.55 bits per heavy atom. The topological polar surface area (TPSA) is 9.23 Å². The molecule has 2 rings (SSSR count). The Hall–Kier alpha value is -1.18. The molecule has 2 aromatic carbocycles.